The van der Waals surface area contributed by atoms with Crippen molar-refractivity contribution in [2.24, 2.45) is 0 Å². The van der Waals surface area contributed by atoms with Crippen LogP contribution in [0.15, 0.2) is 11.5 Å². The zero-order valence-corrected chi connectivity index (χ0v) is 20.6. The highest BCUT2D eigenvalue weighted by Gasteiger charge is 2.37. The minimum Gasteiger partial charge on any atom is -0.520 e. The highest BCUT2D eigenvalue weighted by atomic mass is 31.2. The van der Waals surface area contributed by atoms with Gasteiger partial charge in [0.25, 0.3) is 5.95 Å². The van der Waals surface area contributed by atoms with Gasteiger partial charge in [-0.15, -0.1) is 0 Å². The van der Waals surface area contributed by atoms with Crippen molar-refractivity contribution >= 4 is 32.5 Å². The number of hydrogen-bond acceptors (Lipinski definition) is 5. The van der Waals surface area contributed by atoms with E-state index < -0.39 is 32.5 Å². The van der Waals surface area contributed by atoms with Gasteiger partial charge in [-0.25, -0.2) is 0 Å². The van der Waals surface area contributed by atoms with Crippen molar-refractivity contribution in [3.05, 3.63) is 11.5 Å². The van der Waals surface area contributed by atoms with Gasteiger partial charge in [0.2, 0.25) is 8.32 Å². The average molecular weight is 399 g/mol. The van der Waals surface area contributed by atoms with Crippen LogP contribution in [-0.2, 0) is 22.2 Å². The average Bonchev–Trinajstić information content (AvgIpc) is 2.17. The zero-order chi connectivity index (χ0) is 18.7. The summed E-state index contributed by atoms with van der Waals surface area (Å²) < 4.78 is 36.6. The maximum Gasteiger partial charge on any atom is 0.315 e. The molecule has 0 amide bonds. The highest BCUT2D eigenvalue weighted by molar-refractivity contribution is 7.57. The second-order valence-corrected chi connectivity index (χ2v) is 24.5. The molecule has 0 fully saturated rings. The van der Waals surface area contributed by atoms with E-state index in [0.29, 0.717) is 5.95 Å². The lowest BCUT2D eigenvalue weighted by Crippen LogP contribution is -2.31. The summed E-state index contributed by atoms with van der Waals surface area (Å²) >= 11 is 0. The van der Waals surface area contributed by atoms with Crippen LogP contribution in [0.5, 0.6) is 0 Å². The van der Waals surface area contributed by atoms with Gasteiger partial charge in [0.15, 0.2) is 16.6 Å². The van der Waals surface area contributed by atoms with E-state index in [4.69, 9.17) is 17.6 Å². The van der Waals surface area contributed by atoms with Crippen molar-refractivity contribution in [1.29, 1.82) is 0 Å². The predicted octanol–water partition coefficient (Wildman–Crippen LogP) is 5.61. The third-order valence-corrected chi connectivity index (χ3v) is 10.5. The standard InChI is InChI=1S/C14H35O5PSi3/c1-13(14(16-2)17-21(3,4)5)12-20(15,18-22(6,7)8)19-23(9,10)11/h12H2,1-11H3. The molecule has 5 nitrogen and oxygen atoms in total. The number of methoxy groups -OCH3 is 1. The van der Waals surface area contributed by atoms with E-state index in [0.717, 1.165) is 5.57 Å². The molecule has 0 aliphatic carbocycles. The van der Waals surface area contributed by atoms with Gasteiger partial charge >= 0.3 is 7.60 Å². The maximum atomic E-state index is 13.3. The first-order valence-corrected chi connectivity index (χ1v) is 19.8. The molecule has 0 saturated carbocycles. The van der Waals surface area contributed by atoms with Crippen LogP contribution in [0.4, 0.5) is 0 Å². The lowest BCUT2D eigenvalue weighted by molar-refractivity contribution is 0.142. The maximum absolute atomic E-state index is 13.3. The first kappa shape index (κ1) is 23.1. The second-order valence-electron chi connectivity index (χ2n) is 8.66. The summed E-state index contributed by atoms with van der Waals surface area (Å²) in [6, 6.07) is 0. The van der Waals surface area contributed by atoms with E-state index in [2.05, 4.69) is 19.6 Å². The monoisotopic (exact) mass is 398 g/mol. The van der Waals surface area contributed by atoms with E-state index in [1.54, 1.807) is 7.11 Å². The molecule has 0 unspecified atom stereocenters. The molecule has 0 heterocycles. The SMILES string of the molecule is COC(O[Si](C)(C)C)=C(C)CP(=O)(O[Si](C)(C)C)O[Si](C)(C)C. The van der Waals surface area contributed by atoms with E-state index in [-0.39, 0.29) is 6.16 Å². The van der Waals surface area contributed by atoms with Gasteiger partial charge in [-0.05, 0) is 65.8 Å². The Morgan fingerprint density at radius 3 is 1.48 bits per heavy atom. The van der Waals surface area contributed by atoms with Crippen molar-refractivity contribution in [2.45, 2.75) is 65.8 Å². The topological polar surface area (TPSA) is 54.0 Å². The molecule has 9 heteroatoms. The molecule has 23 heavy (non-hydrogen) atoms. The van der Waals surface area contributed by atoms with Crippen molar-refractivity contribution < 1.29 is 22.2 Å². The summed E-state index contributed by atoms with van der Waals surface area (Å²) in [5, 5.41) is 0. The number of rotatable bonds is 9. The van der Waals surface area contributed by atoms with Gasteiger partial charge in [-0.1, -0.05) is 0 Å². The van der Waals surface area contributed by atoms with Crippen LogP contribution >= 0.6 is 7.60 Å². The third kappa shape index (κ3) is 11.3. The number of hydrogen-bond donors (Lipinski definition) is 0. The summed E-state index contributed by atoms with van der Waals surface area (Å²) in [5.41, 5.74) is 0.773. The molecule has 0 aliphatic rings. The smallest absolute Gasteiger partial charge is 0.315 e. The van der Waals surface area contributed by atoms with Gasteiger partial charge in [-0.2, -0.15) is 0 Å². The quantitative estimate of drug-likeness (QED) is 0.287. The molecule has 0 saturated heterocycles. The van der Waals surface area contributed by atoms with Crippen LogP contribution < -0.4 is 0 Å². The van der Waals surface area contributed by atoms with Gasteiger partial charge in [0.05, 0.1) is 13.3 Å². The zero-order valence-electron chi connectivity index (χ0n) is 16.7. The fraction of sp³-hybridized carbons (Fsp3) is 0.857. The Morgan fingerprint density at radius 1 is 0.826 bits per heavy atom. The molecule has 0 rings (SSSR count). The predicted molar refractivity (Wildman–Crippen MR) is 105 cm³/mol. The Kier molecular flexibility index (Phi) is 8.06. The highest BCUT2D eigenvalue weighted by Crippen LogP contribution is 2.54. The van der Waals surface area contributed by atoms with E-state index in [1.807, 2.05) is 46.2 Å². The number of ether oxygens (including phenoxy) is 1. The van der Waals surface area contributed by atoms with Crippen LogP contribution in [-0.4, -0.2) is 38.2 Å². The molecule has 0 aromatic rings. The summed E-state index contributed by atoms with van der Waals surface area (Å²) in [5.74, 6) is 0.447. The van der Waals surface area contributed by atoms with Crippen LogP contribution in [0.25, 0.3) is 0 Å². The summed E-state index contributed by atoms with van der Waals surface area (Å²) in [6.07, 6.45) is 0.204. The Morgan fingerprint density at radius 2 is 1.22 bits per heavy atom. The van der Waals surface area contributed by atoms with Crippen LogP contribution in [0.1, 0.15) is 6.92 Å². The van der Waals surface area contributed by atoms with Crippen molar-refractivity contribution in [3.63, 3.8) is 0 Å². The summed E-state index contributed by atoms with van der Waals surface area (Å²) in [6.45, 7) is 20.2. The summed E-state index contributed by atoms with van der Waals surface area (Å²) in [4.78, 5) is 0. The molecule has 138 valence electrons. The van der Waals surface area contributed by atoms with Crippen LogP contribution in [0.2, 0.25) is 58.9 Å². The van der Waals surface area contributed by atoms with Crippen LogP contribution in [0, 0.1) is 0 Å². The molecule has 0 aromatic heterocycles. The lowest BCUT2D eigenvalue weighted by Gasteiger charge is -2.31. The Balaban J connectivity index is 5.55. The van der Waals surface area contributed by atoms with Gasteiger partial charge in [0, 0.05) is 5.57 Å². The third-order valence-electron chi connectivity index (χ3n) is 2.19. The first-order valence-electron chi connectivity index (χ1n) is 7.90. The minimum absolute atomic E-state index is 0.204. The largest absolute Gasteiger partial charge is 0.520 e. The Hall–Kier alpha value is 0.141. The van der Waals surface area contributed by atoms with Crippen molar-refractivity contribution in [3.8, 4) is 0 Å². The fourth-order valence-electron chi connectivity index (χ4n) is 1.85. The van der Waals surface area contributed by atoms with E-state index in [9.17, 15) is 4.57 Å². The normalized spacial score (nSPS) is 15.3. The molecule has 0 atom stereocenters. The first-order chi connectivity index (χ1) is 9.96. The van der Waals surface area contributed by atoms with Gasteiger partial charge < -0.3 is 17.6 Å². The van der Waals surface area contributed by atoms with Crippen molar-refractivity contribution in [1.82, 2.24) is 0 Å². The van der Waals surface area contributed by atoms with Gasteiger partial charge in [-0.3, -0.25) is 4.57 Å². The molecule has 0 N–H and O–H groups in total. The molecule has 0 spiro atoms. The Bertz CT molecular complexity index is 452. The molecular weight excluding hydrogens is 363 g/mol. The minimum atomic E-state index is -3.23. The Labute approximate surface area is 145 Å². The molecule has 0 aromatic carbocycles. The van der Waals surface area contributed by atoms with Gasteiger partial charge in [0.1, 0.15) is 0 Å². The van der Waals surface area contributed by atoms with E-state index in [1.165, 1.54) is 0 Å². The van der Waals surface area contributed by atoms with Crippen molar-refractivity contribution in [2.75, 3.05) is 13.3 Å². The molecular formula is C14H35O5PSi3. The molecule has 0 aliphatic heterocycles. The molecule has 0 radical (unpaired) electrons. The molecule has 0 bridgehead atoms. The number of allylic oxidation sites excluding steroid dienone is 1. The second kappa shape index (κ2) is 8.01. The van der Waals surface area contributed by atoms with E-state index >= 15 is 0 Å². The summed E-state index contributed by atoms with van der Waals surface area (Å²) in [7, 11) is -7.49. The van der Waals surface area contributed by atoms with Crippen LogP contribution in [0.3, 0.4) is 0 Å². The fourth-order valence-corrected chi connectivity index (χ4v) is 11.1. The lowest BCUT2D eigenvalue weighted by atomic mass is 10.4.